The van der Waals surface area contributed by atoms with E-state index in [1.807, 2.05) is 38.1 Å². The fourth-order valence-electron chi connectivity index (χ4n) is 1.89. The third kappa shape index (κ3) is 3.11. The Balaban J connectivity index is 1.87. The maximum absolute atomic E-state index is 5.67. The molecule has 0 spiro atoms. The zero-order chi connectivity index (χ0) is 17.1. The predicted molar refractivity (Wildman–Crippen MR) is 90.3 cm³/mol. The van der Waals surface area contributed by atoms with Crippen LogP contribution in [0.2, 0.25) is 0 Å². The molecule has 122 valence electrons. The van der Waals surface area contributed by atoms with Crippen LogP contribution in [0.1, 0.15) is 11.3 Å². The standard InChI is InChI=1S/C14H16N10/c1-7-3-5-9(6-4-7)18-19-10-8(2)17-23-14(10)24-20-11-12(15)21-22-13(11)16/h3-6H,1-2H3,(H,17,23)(H5,15,16,21,22). The number of nitrogens with one attached hydrogen (secondary N) is 2. The fraction of sp³-hybridized carbons (Fsp3) is 0.143. The second-order valence-electron chi connectivity index (χ2n) is 5.13. The molecule has 3 rings (SSSR count). The van der Waals surface area contributed by atoms with Crippen LogP contribution in [0.25, 0.3) is 0 Å². The summed E-state index contributed by atoms with van der Waals surface area (Å²) in [5, 5.41) is 29.5. The summed E-state index contributed by atoms with van der Waals surface area (Å²) in [5.41, 5.74) is 14.7. The highest BCUT2D eigenvalue weighted by Gasteiger charge is 2.11. The maximum atomic E-state index is 5.67. The van der Waals surface area contributed by atoms with Gasteiger partial charge in [0.1, 0.15) is 5.82 Å². The quantitative estimate of drug-likeness (QED) is 0.538. The molecule has 0 aliphatic carbocycles. The van der Waals surface area contributed by atoms with Crippen LogP contribution in [0.4, 0.5) is 34.5 Å². The lowest BCUT2D eigenvalue weighted by Crippen LogP contribution is -1.84. The highest BCUT2D eigenvalue weighted by Crippen LogP contribution is 2.33. The predicted octanol–water partition coefficient (Wildman–Crippen LogP) is 3.74. The molecule has 0 amide bonds. The van der Waals surface area contributed by atoms with Gasteiger partial charge in [0.2, 0.25) is 5.82 Å². The summed E-state index contributed by atoms with van der Waals surface area (Å²) >= 11 is 0. The maximum Gasteiger partial charge on any atom is 0.223 e. The van der Waals surface area contributed by atoms with E-state index < -0.39 is 0 Å². The number of aromatic amines is 2. The van der Waals surface area contributed by atoms with Crippen LogP contribution in [0.5, 0.6) is 0 Å². The van der Waals surface area contributed by atoms with E-state index in [0.717, 1.165) is 11.3 Å². The van der Waals surface area contributed by atoms with E-state index >= 15 is 0 Å². The van der Waals surface area contributed by atoms with E-state index in [-0.39, 0.29) is 23.1 Å². The second kappa shape index (κ2) is 6.28. The molecule has 0 bridgehead atoms. The molecule has 10 heteroatoms. The average molecular weight is 324 g/mol. The van der Waals surface area contributed by atoms with Gasteiger partial charge in [-0.25, -0.2) is 0 Å². The molecule has 0 radical (unpaired) electrons. The topological polar surface area (TPSA) is 159 Å². The first kappa shape index (κ1) is 15.3. The second-order valence-corrected chi connectivity index (χ2v) is 5.13. The molecule has 2 aromatic heterocycles. The van der Waals surface area contributed by atoms with Crippen LogP contribution in [-0.2, 0) is 0 Å². The molecular formula is C14H16N10. The van der Waals surface area contributed by atoms with Gasteiger partial charge in [-0.05, 0) is 26.0 Å². The van der Waals surface area contributed by atoms with Crippen LogP contribution in [0, 0.1) is 13.8 Å². The Morgan fingerprint density at radius 3 is 2.21 bits per heavy atom. The van der Waals surface area contributed by atoms with Crippen LogP contribution < -0.4 is 11.5 Å². The van der Waals surface area contributed by atoms with Crippen molar-refractivity contribution in [3.63, 3.8) is 0 Å². The number of nitrogens with two attached hydrogens (primary N) is 2. The third-order valence-corrected chi connectivity index (χ3v) is 3.24. The monoisotopic (exact) mass is 324 g/mol. The van der Waals surface area contributed by atoms with Gasteiger partial charge in [-0.15, -0.1) is 15.3 Å². The van der Waals surface area contributed by atoms with Gasteiger partial charge in [0.15, 0.2) is 17.2 Å². The summed E-state index contributed by atoms with van der Waals surface area (Å²) in [7, 11) is 0. The van der Waals surface area contributed by atoms with E-state index in [4.69, 9.17) is 11.5 Å². The van der Waals surface area contributed by atoms with Crippen molar-refractivity contribution >= 4 is 34.5 Å². The highest BCUT2D eigenvalue weighted by molar-refractivity contribution is 5.70. The van der Waals surface area contributed by atoms with E-state index in [1.165, 1.54) is 0 Å². The van der Waals surface area contributed by atoms with Crippen molar-refractivity contribution in [2.45, 2.75) is 13.8 Å². The van der Waals surface area contributed by atoms with Crippen molar-refractivity contribution in [1.29, 1.82) is 0 Å². The van der Waals surface area contributed by atoms with Gasteiger partial charge in [0, 0.05) is 0 Å². The molecule has 3 aromatic rings. The molecule has 24 heavy (non-hydrogen) atoms. The smallest absolute Gasteiger partial charge is 0.223 e. The van der Waals surface area contributed by atoms with E-state index in [2.05, 4.69) is 40.9 Å². The Labute approximate surface area is 137 Å². The number of rotatable bonds is 4. The lowest BCUT2D eigenvalue weighted by Gasteiger charge is -1.94. The first-order chi connectivity index (χ1) is 11.5. The number of H-pyrrole nitrogens is 2. The normalized spacial score (nSPS) is 11.8. The Morgan fingerprint density at radius 2 is 1.54 bits per heavy atom. The van der Waals surface area contributed by atoms with Crippen molar-refractivity contribution in [2.24, 2.45) is 20.5 Å². The number of nitrogens with zero attached hydrogens (tertiary/aromatic N) is 6. The average Bonchev–Trinajstić information content (AvgIpc) is 3.08. The van der Waals surface area contributed by atoms with E-state index in [9.17, 15) is 0 Å². The largest absolute Gasteiger partial charge is 0.382 e. The molecular weight excluding hydrogens is 308 g/mol. The van der Waals surface area contributed by atoms with Gasteiger partial charge in [-0.3, -0.25) is 10.2 Å². The van der Waals surface area contributed by atoms with Crippen LogP contribution in [0.15, 0.2) is 44.7 Å². The van der Waals surface area contributed by atoms with Crippen LogP contribution in [0.3, 0.4) is 0 Å². The number of aryl methyl sites for hydroxylation is 2. The van der Waals surface area contributed by atoms with Gasteiger partial charge < -0.3 is 11.5 Å². The first-order valence-corrected chi connectivity index (χ1v) is 7.09. The van der Waals surface area contributed by atoms with Gasteiger partial charge in [-0.2, -0.15) is 15.3 Å². The molecule has 2 heterocycles. The number of anilines is 2. The van der Waals surface area contributed by atoms with Crippen molar-refractivity contribution < 1.29 is 0 Å². The molecule has 0 aliphatic rings. The van der Waals surface area contributed by atoms with Gasteiger partial charge in [0.25, 0.3) is 0 Å². The molecule has 10 nitrogen and oxygen atoms in total. The van der Waals surface area contributed by atoms with E-state index in [1.54, 1.807) is 0 Å². The summed E-state index contributed by atoms with van der Waals surface area (Å²) < 4.78 is 0. The zero-order valence-electron chi connectivity index (χ0n) is 13.1. The highest BCUT2D eigenvalue weighted by atomic mass is 15.3. The van der Waals surface area contributed by atoms with Crippen molar-refractivity contribution in [3.8, 4) is 0 Å². The molecule has 0 aliphatic heterocycles. The van der Waals surface area contributed by atoms with Gasteiger partial charge in [0.05, 0.1) is 11.4 Å². The molecule has 0 saturated heterocycles. The number of hydrogen-bond acceptors (Lipinski definition) is 8. The van der Waals surface area contributed by atoms with Crippen molar-refractivity contribution in [2.75, 3.05) is 11.5 Å². The summed E-state index contributed by atoms with van der Waals surface area (Å²) in [6, 6.07) is 7.67. The number of azo groups is 2. The lowest BCUT2D eigenvalue weighted by molar-refractivity contribution is 1.03. The SMILES string of the molecule is Cc1ccc(N=Nc2c(N=Nc3c(N)n[nH]c3N)n[nH]c2C)cc1. The molecule has 6 N–H and O–H groups in total. The van der Waals surface area contributed by atoms with Crippen molar-refractivity contribution in [1.82, 2.24) is 20.4 Å². The molecule has 0 atom stereocenters. The Kier molecular flexibility index (Phi) is 4.01. The molecule has 0 saturated carbocycles. The number of aromatic nitrogens is 4. The molecule has 0 unspecified atom stereocenters. The van der Waals surface area contributed by atoms with Gasteiger partial charge in [-0.1, -0.05) is 17.7 Å². The molecule has 1 aromatic carbocycles. The third-order valence-electron chi connectivity index (χ3n) is 3.24. The minimum absolute atomic E-state index is 0.159. The van der Waals surface area contributed by atoms with E-state index in [0.29, 0.717) is 11.4 Å². The molecule has 0 fully saturated rings. The Morgan fingerprint density at radius 1 is 0.833 bits per heavy atom. The summed E-state index contributed by atoms with van der Waals surface area (Å²) in [6.07, 6.45) is 0. The summed E-state index contributed by atoms with van der Waals surface area (Å²) in [6.45, 7) is 3.82. The van der Waals surface area contributed by atoms with Crippen LogP contribution >= 0.6 is 0 Å². The minimum Gasteiger partial charge on any atom is -0.382 e. The first-order valence-electron chi connectivity index (χ1n) is 7.09. The number of nitrogen functional groups attached to an aromatic ring is 2. The minimum atomic E-state index is 0.159. The Hall–Kier alpha value is -3.56. The van der Waals surface area contributed by atoms with Gasteiger partial charge >= 0.3 is 0 Å². The number of benzene rings is 1. The lowest BCUT2D eigenvalue weighted by atomic mass is 10.2. The Bertz CT molecular complexity index is 881. The summed E-state index contributed by atoms with van der Waals surface area (Å²) in [4.78, 5) is 0. The summed E-state index contributed by atoms with van der Waals surface area (Å²) in [5.74, 6) is 0.668. The zero-order valence-corrected chi connectivity index (χ0v) is 13.1. The van der Waals surface area contributed by atoms with Crippen LogP contribution in [-0.4, -0.2) is 20.4 Å². The van der Waals surface area contributed by atoms with Crippen molar-refractivity contribution in [3.05, 3.63) is 35.5 Å². The number of hydrogen-bond donors (Lipinski definition) is 4. The fourth-order valence-corrected chi connectivity index (χ4v) is 1.89.